The van der Waals surface area contributed by atoms with Crippen LogP contribution in [0.1, 0.15) is 44.3 Å². The highest BCUT2D eigenvalue weighted by Crippen LogP contribution is 2.39. The Labute approximate surface area is 71.1 Å². The molecule has 66 valence electrons. The molecule has 1 heterocycles. The largest absolute Gasteiger partial charge is 0.339 e. The van der Waals surface area contributed by atoms with Gasteiger partial charge in [-0.3, -0.25) is 0 Å². The van der Waals surface area contributed by atoms with E-state index in [4.69, 9.17) is 10.3 Å². The minimum atomic E-state index is -0.489. The highest BCUT2D eigenvalue weighted by Gasteiger charge is 2.31. The third-order valence-corrected chi connectivity index (χ3v) is 1.94. The van der Waals surface area contributed by atoms with Crippen LogP contribution < -0.4 is 5.73 Å². The lowest BCUT2D eigenvalue weighted by Gasteiger charge is -2.11. The maximum Gasteiger partial charge on any atom is 0.229 e. The molecule has 1 aromatic rings. The SMILES string of the molecule is CC(C)(N)c1noc(C2CC2)n1. The van der Waals surface area contributed by atoms with E-state index in [1.54, 1.807) is 0 Å². The summed E-state index contributed by atoms with van der Waals surface area (Å²) in [6, 6.07) is 0. The van der Waals surface area contributed by atoms with Crippen LogP contribution in [0.5, 0.6) is 0 Å². The molecule has 0 spiro atoms. The summed E-state index contributed by atoms with van der Waals surface area (Å²) in [5, 5.41) is 3.84. The van der Waals surface area contributed by atoms with E-state index in [9.17, 15) is 0 Å². The summed E-state index contributed by atoms with van der Waals surface area (Å²) >= 11 is 0. The van der Waals surface area contributed by atoms with Crippen molar-refractivity contribution in [2.24, 2.45) is 5.73 Å². The number of nitrogens with zero attached hydrogens (tertiary/aromatic N) is 2. The van der Waals surface area contributed by atoms with E-state index in [2.05, 4.69) is 10.1 Å². The minimum absolute atomic E-state index is 0.489. The molecule has 0 aromatic carbocycles. The van der Waals surface area contributed by atoms with Crippen molar-refractivity contribution in [3.8, 4) is 0 Å². The lowest BCUT2D eigenvalue weighted by molar-refractivity contribution is 0.361. The van der Waals surface area contributed by atoms with Crippen LogP contribution in [0.15, 0.2) is 4.52 Å². The predicted molar refractivity (Wildman–Crippen MR) is 43.5 cm³/mol. The molecular weight excluding hydrogens is 154 g/mol. The van der Waals surface area contributed by atoms with E-state index in [1.807, 2.05) is 13.8 Å². The van der Waals surface area contributed by atoms with Gasteiger partial charge in [0.1, 0.15) is 0 Å². The second-order valence-electron chi connectivity index (χ2n) is 3.95. The van der Waals surface area contributed by atoms with Gasteiger partial charge in [-0.25, -0.2) is 0 Å². The molecule has 4 heteroatoms. The highest BCUT2D eigenvalue weighted by molar-refractivity contribution is 5.05. The zero-order chi connectivity index (χ0) is 8.77. The molecule has 0 unspecified atom stereocenters. The maximum absolute atomic E-state index is 5.81. The summed E-state index contributed by atoms with van der Waals surface area (Å²) < 4.78 is 5.07. The topological polar surface area (TPSA) is 64.9 Å². The van der Waals surface area contributed by atoms with Crippen molar-refractivity contribution >= 4 is 0 Å². The van der Waals surface area contributed by atoms with Gasteiger partial charge in [-0.15, -0.1) is 0 Å². The number of rotatable bonds is 2. The fourth-order valence-electron chi connectivity index (χ4n) is 0.993. The first-order chi connectivity index (χ1) is 5.57. The molecule has 12 heavy (non-hydrogen) atoms. The van der Waals surface area contributed by atoms with Crippen molar-refractivity contribution in [2.75, 3.05) is 0 Å². The zero-order valence-corrected chi connectivity index (χ0v) is 7.37. The van der Waals surface area contributed by atoms with E-state index in [0.717, 1.165) is 5.89 Å². The molecular formula is C8H13N3O. The normalized spacial score (nSPS) is 18.2. The first-order valence-electron chi connectivity index (χ1n) is 4.20. The van der Waals surface area contributed by atoms with E-state index in [1.165, 1.54) is 12.8 Å². The van der Waals surface area contributed by atoms with E-state index >= 15 is 0 Å². The Morgan fingerprint density at radius 1 is 1.50 bits per heavy atom. The molecule has 4 nitrogen and oxygen atoms in total. The molecule has 1 aliphatic carbocycles. The van der Waals surface area contributed by atoms with Gasteiger partial charge < -0.3 is 10.3 Å². The molecule has 0 atom stereocenters. The Morgan fingerprint density at radius 3 is 2.58 bits per heavy atom. The molecule has 2 N–H and O–H groups in total. The first kappa shape index (κ1) is 7.73. The zero-order valence-electron chi connectivity index (χ0n) is 7.37. The minimum Gasteiger partial charge on any atom is -0.339 e. The molecule has 1 aliphatic rings. The summed E-state index contributed by atoms with van der Waals surface area (Å²) in [6.07, 6.45) is 2.35. The van der Waals surface area contributed by atoms with E-state index < -0.39 is 5.54 Å². The van der Waals surface area contributed by atoms with Gasteiger partial charge >= 0.3 is 0 Å². The average molecular weight is 167 g/mol. The summed E-state index contributed by atoms with van der Waals surface area (Å²) in [5.41, 5.74) is 5.32. The monoisotopic (exact) mass is 167 g/mol. The van der Waals surface area contributed by atoms with Crippen molar-refractivity contribution in [1.82, 2.24) is 10.1 Å². The van der Waals surface area contributed by atoms with Crippen LogP contribution in [0.3, 0.4) is 0 Å². The molecule has 1 aromatic heterocycles. The Hall–Kier alpha value is -0.900. The second kappa shape index (κ2) is 2.29. The van der Waals surface area contributed by atoms with Crippen molar-refractivity contribution < 1.29 is 4.52 Å². The molecule has 1 fully saturated rings. The van der Waals surface area contributed by atoms with Gasteiger partial charge in [0.25, 0.3) is 0 Å². The summed E-state index contributed by atoms with van der Waals surface area (Å²) in [4.78, 5) is 4.24. The van der Waals surface area contributed by atoms with Crippen molar-refractivity contribution in [2.45, 2.75) is 38.1 Å². The van der Waals surface area contributed by atoms with Crippen molar-refractivity contribution in [1.29, 1.82) is 0 Å². The Morgan fingerprint density at radius 2 is 2.17 bits per heavy atom. The molecule has 0 aliphatic heterocycles. The quantitative estimate of drug-likeness (QED) is 0.717. The summed E-state index contributed by atoms with van der Waals surface area (Å²) in [7, 11) is 0. The van der Waals surface area contributed by atoms with Crippen LogP contribution in [0.4, 0.5) is 0 Å². The standard InChI is InChI=1S/C8H13N3O/c1-8(2,9)7-10-6(12-11-7)5-3-4-5/h5H,3-4,9H2,1-2H3. The van der Waals surface area contributed by atoms with Gasteiger partial charge in [-0.05, 0) is 26.7 Å². The van der Waals surface area contributed by atoms with Crippen LogP contribution in [0.2, 0.25) is 0 Å². The summed E-state index contributed by atoms with van der Waals surface area (Å²) in [6.45, 7) is 3.74. The lowest BCUT2D eigenvalue weighted by atomic mass is 10.1. The number of nitrogens with two attached hydrogens (primary N) is 1. The Bertz CT molecular complexity index is 283. The van der Waals surface area contributed by atoms with Gasteiger partial charge in [-0.2, -0.15) is 4.98 Å². The van der Waals surface area contributed by atoms with E-state index in [-0.39, 0.29) is 0 Å². The van der Waals surface area contributed by atoms with Crippen molar-refractivity contribution in [3.05, 3.63) is 11.7 Å². The highest BCUT2D eigenvalue weighted by atomic mass is 16.5. The third kappa shape index (κ3) is 1.34. The average Bonchev–Trinajstić information content (AvgIpc) is 2.66. The van der Waals surface area contributed by atoms with Crippen LogP contribution in [0, 0.1) is 0 Å². The first-order valence-corrected chi connectivity index (χ1v) is 4.20. The molecule has 0 saturated heterocycles. The molecule has 2 rings (SSSR count). The van der Waals surface area contributed by atoms with Gasteiger partial charge in [0.05, 0.1) is 5.54 Å². The van der Waals surface area contributed by atoms with Gasteiger partial charge in [0, 0.05) is 5.92 Å². The Balaban J connectivity index is 2.23. The number of hydrogen-bond acceptors (Lipinski definition) is 4. The smallest absolute Gasteiger partial charge is 0.229 e. The fraction of sp³-hybridized carbons (Fsp3) is 0.750. The maximum atomic E-state index is 5.81. The lowest BCUT2D eigenvalue weighted by Crippen LogP contribution is -2.30. The van der Waals surface area contributed by atoms with Crippen molar-refractivity contribution in [3.63, 3.8) is 0 Å². The molecule has 1 saturated carbocycles. The summed E-state index contributed by atoms with van der Waals surface area (Å²) in [5.74, 6) is 1.86. The van der Waals surface area contributed by atoms with Crippen LogP contribution in [-0.4, -0.2) is 10.1 Å². The fourth-order valence-corrected chi connectivity index (χ4v) is 0.993. The Kier molecular flexibility index (Phi) is 1.48. The molecule has 0 radical (unpaired) electrons. The van der Waals surface area contributed by atoms with Crippen LogP contribution >= 0.6 is 0 Å². The number of aromatic nitrogens is 2. The van der Waals surface area contributed by atoms with Gasteiger partial charge in [-0.1, -0.05) is 5.16 Å². The van der Waals surface area contributed by atoms with Gasteiger partial charge in [0.15, 0.2) is 5.82 Å². The molecule has 0 amide bonds. The second-order valence-corrected chi connectivity index (χ2v) is 3.95. The van der Waals surface area contributed by atoms with E-state index in [0.29, 0.717) is 11.7 Å². The number of hydrogen-bond donors (Lipinski definition) is 1. The predicted octanol–water partition coefficient (Wildman–Crippen LogP) is 1.14. The van der Waals surface area contributed by atoms with Crippen LogP contribution in [0.25, 0.3) is 0 Å². The molecule has 0 bridgehead atoms. The van der Waals surface area contributed by atoms with Gasteiger partial charge in [0.2, 0.25) is 5.89 Å². The van der Waals surface area contributed by atoms with Crippen LogP contribution in [-0.2, 0) is 5.54 Å². The third-order valence-electron chi connectivity index (χ3n) is 1.94.